The molecular weight excluding hydrogens is 314 g/mol. The Morgan fingerprint density at radius 1 is 1.28 bits per heavy atom. The van der Waals surface area contributed by atoms with Gasteiger partial charge >= 0.3 is 0 Å². The zero-order valence-corrected chi connectivity index (χ0v) is 17.0. The SMILES string of the molecule is CCNC(=NCC1CCCOC1C(C)(C)C)N1CCC(COCC)C1. The van der Waals surface area contributed by atoms with Crippen LogP contribution in [0.2, 0.25) is 0 Å². The fraction of sp³-hybridized carbons (Fsp3) is 0.950. The molecule has 0 spiro atoms. The maximum Gasteiger partial charge on any atom is 0.193 e. The molecule has 0 aliphatic carbocycles. The molecule has 0 amide bonds. The topological polar surface area (TPSA) is 46.1 Å². The number of rotatable bonds is 6. The first-order valence-electron chi connectivity index (χ1n) is 10.2. The highest BCUT2D eigenvalue weighted by atomic mass is 16.5. The Morgan fingerprint density at radius 2 is 2.08 bits per heavy atom. The monoisotopic (exact) mass is 353 g/mol. The third-order valence-electron chi connectivity index (χ3n) is 5.25. The van der Waals surface area contributed by atoms with E-state index in [1.54, 1.807) is 0 Å². The summed E-state index contributed by atoms with van der Waals surface area (Å²) in [6, 6.07) is 0. The van der Waals surface area contributed by atoms with Gasteiger partial charge in [-0.05, 0) is 38.5 Å². The van der Waals surface area contributed by atoms with Crippen molar-refractivity contribution in [3.05, 3.63) is 0 Å². The predicted octanol–water partition coefficient (Wildman–Crippen LogP) is 3.15. The third kappa shape index (κ3) is 6.14. The lowest BCUT2D eigenvalue weighted by molar-refractivity contribution is -0.0824. The van der Waals surface area contributed by atoms with Gasteiger partial charge in [0.2, 0.25) is 0 Å². The van der Waals surface area contributed by atoms with Gasteiger partial charge < -0.3 is 19.7 Å². The van der Waals surface area contributed by atoms with E-state index in [0.29, 0.717) is 17.9 Å². The molecule has 2 fully saturated rings. The van der Waals surface area contributed by atoms with Crippen LogP contribution in [0.15, 0.2) is 4.99 Å². The van der Waals surface area contributed by atoms with Crippen molar-refractivity contribution in [1.82, 2.24) is 10.2 Å². The highest BCUT2D eigenvalue weighted by Crippen LogP contribution is 2.34. The van der Waals surface area contributed by atoms with Crippen LogP contribution in [0, 0.1) is 17.3 Å². The van der Waals surface area contributed by atoms with Crippen LogP contribution in [0.25, 0.3) is 0 Å². The number of hydrogen-bond donors (Lipinski definition) is 1. The van der Waals surface area contributed by atoms with E-state index in [-0.39, 0.29) is 5.41 Å². The molecule has 0 radical (unpaired) electrons. The Kier molecular flexibility index (Phi) is 8.01. The Morgan fingerprint density at radius 3 is 2.76 bits per heavy atom. The molecule has 1 N–H and O–H groups in total. The Balaban J connectivity index is 1.97. The van der Waals surface area contributed by atoms with Crippen LogP contribution in [0.4, 0.5) is 0 Å². The third-order valence-corrected chi connectivity index (χ3v) is 5.25. The average molecular weight is 354 g/mol. The minimum atomic E-state index is 0.176. The van der Waals surface area contributed by atoms with E-state index >= 15 is 0 Å². The molecule has 146 valence electrons. The molecule has 2 aliphatic heterocycles. The van der Waals surface area contributed by atoms with Crippen molar-refractivity contribution in [2.45, 2.75) is 60.0 Å². The van der Waals surface area contributed by atoms with E-state index in [4.69, 9.17) is 14.5 Å². The van der Waals surface area contributed by atoms with Crippen LogP contribution >= 0.6 is 0 Å². The second-order valence-corrected chi connectivity index (χ2v) is 8.51. The summed E-state index contributed by atoms with van der Waals surface area (Å²) in [5.74, 6) is 2.22. The second-order valence-electron chi connectivity index (χ2n) is 8.51. The van der Waals surface area contributed by atoms with E-state index in [1.165, 1.54) is 12.8 Å². The number of nitrogens with zero attached hydrogens (tertiary/aromatic N) is 2. The molecule has 0 aromatic carbocycles. The summed E-state index contributed by atoms with van der Waals surface area (Å²) in [6.45, 7) is 17.5. The molecule has 0 aromatic rings. The van der Waals surface area contributed by atoms with Gasteiger partial charge in [0, 0.05) is 51.2 Å². The quantitative estimate of drug-likeness (QED) is 0.588. The van der Waals surface area contributed by atoms with Gasteiger partial charge in [0.15, 0.2) is 5.96 Å². The largest absolute Gasteiger partial charge is 0.381 e. The molecule has 2 heterocycles. The number of aliphatic imine (C=N–C) groups is 1. The Hall–Kier alpha value is -0.810. The van der Waals surface area contributed by atoms with E-state index in [9.17, 15) is 0 Å². The number of ether oxygens (including phenoxy) is 2. The van der Waals surface area contributed by atoms with E-state index in [0.717, 1.165) is 58.4 Å². The number of nitrogens with one attached hydrogen (secondary N) is 1. The van der Waals surface area contributed by atoms with Crippen LogP contribution in [0.5, 0.6) is 0 Å². The molecular formula is C20H39N3O2. The molecule has 2 saturated heterocycles. The number of hydrogen-bond acceptors (Lipinski definition) is 3. The normalized spacial score (nSPS) is 28.4. The number of guanidine groups is 1. The predicted molar refractivity (Wildman–Crippen MR) is 104 cm³/mol. The van der Waals surface area contributed by atoms with Crippen molar-refractivity contribution in [2.24, 2.45) is 22.2 Å². The fourth-order valence-electron chi connectivity index (χ4n) is 4.06. The first kappa shape index (κ1) is 20.5. The average Bonchev–Trinajstić information content (AvgIpc) is 3.05. The van der Waals surface area contributed by atoms with Crippen LogP contribution in [0.3, 0.4) is 0 Å². The van der Waals surface area contributed by atoms with E-state index < -0.39 is 0 Å². The molecule has 2 rings (SSSR count). The molecule has 0 aromatic heterocycles. The molecule has 25 heavy (non-hydrogen) atoms. The highest BCUT2D eigenvalue weighted by molar-refractivity contribution is 5.80. The second kappa shape index (κ2) is 9.77. The van der Waals surface area contributed by atoms with Crippen molar-refractivity contribution in [2.75, 3.05) is 46.0 Å². The first-order valence-corrected chi connectivity index (χ1v) is 10.2. The summed E-state index contributed by atoms with van der Waals surface area (Å²) in [6.07, 6.45) is 3.88. The zero-order chi connectivity index (χ0) is 18.3. The molecule has 5 heteroatoms. The van der Waals surface area contributed by atoms with Crippen molar-refractivity contribution < 1.29 is 9.47 Å². The Bertz CT molecular complexity index is 420. The lowest BCUT2D eigenvalue weighted by atomic mass is 9.78. The maximum absolute atomic E-state index is 6.11. The zero-order valence-electron chi connectivity index (χ0n) is 17.0. The van der Waals surface area contributed by atoms with E-state index in [1.807, 2.05) is 0 Å². The minimum absolute atomic E-state index is 0.176. The van der Waals surface area contributed by atoms with Gasteiger partial charge in [-0.3, -0.25) is 4.99 Å². The highest BCUT2D eigenvalue weighted by Gasteiger charge is 2.35. The van der Waals surface area contributed by atoms with Gasteiger partial charge in [0.05, 0.1) is 12.7 Å². The molecule has 3 atom stereocenters. The standard InChI is InChI=1S/C20H39N3O2/c1-6-21-19(23-11-10-16(14-23)15-24-7-2)22-13-17-9-8-12-25-18(17)20(3,4)5/h16-18H,6-15H2,1-5H3,(H,21,22). The van der Waals surface area contributed by atoms with Crippen LogP contribution in [-0.4, -0.2) is 63.0 Å². The van der Waals surface area contributed by atoms with Crippen molar-refractivity contribution in [3.63, 3.8) is 0 Å². The lowest BCUT2D eigenvalue weighted by Crippen LogP contribution is -2.43. The van der Waals surface area contributed by atoms with Gasteiger partial charge in [-0.2, -0.15) is 0 Å². The Labute approximate surface area is 154 Å². The molecule has 0 saturated carbocycles. The van der Waals surface area contributed by atoms with Crippen LogP contribution < -0.4 is 5.32 Å². The van der Waals surface area contributed by atoms with Crippen molar-refractivity contribution in [3.8, 4) is 0 Å². The minimum Gasteiger partial charge on any atom is -0.381 e. The summed E-state index contributed by atoms with van der Waals surface area (Å²) in [5.41, 5.74) is 0.176. The van der Waals surface area contributed by atoms with Gasteiger partial charge in [0.1, 0.15) is 0 Å². The number of likely N-dealkylation sites (tertiary alicyclic amines) is 1. The summed E-state index contributed by atoms with van der Waals surface area (Å²) < 4.78 is 11.7. The first-order chi connectivity index (χ1) is 12.0. The lowest BCUT2D eigenvalue weighted by Gasteiger charge is -2.39. The summed E-state index contributed by atoms with van der Waals surface area (Å²) >= 11 is 0. The van der Waals surface area contributed by atoms with Crippen molar-refractivity contribution in [1.29, 1.82) is 0 Å². The van der Waals surface area contributed by atoms with Gasteiger partial charge in [-0.15, -0.1) is 0 Å². The molecule has 0 bridgehead atoms. The van der Waals surface area contributed by atoms with Crippen molar-refractivity contribution >= 4 is 5.96 Å². The summed E-state index contributed by atoms with van der Waals surface area (Å²) in [5, 5.41) is 3.49. The summed E-state index contributed by atoms with van der Waals surface area (Å²) in [4.78, 5) is 7.41. The van der Waals surface area contributed by atoms with Gasteiger partial charge in [-0.25, -0.2) is 0 Å². The van der Waals surface area contributed by atoms with E-state index in [2.05, 4.69) is 44.8 Å². The maximum atomic E-state index is 6.11. The molecule has 5 nitrogen and oxygen atoms in total. The van der Waals surface area contributed by atoms with Gasteiger partial charge in [-0.1, -0.05) is 20.8 Å². The molecule has 3 unspecified atom stereocenters. The summed E-state index contributed by atoms with van der Waals surface area (Å²) in [7, 11) is 0. The van der Waals surface area contributed by atoms with Crippen LogP contribution in [-0.2, 0) is 9.47 Å². The molecule has 2 aliphatic rings. The smallest absolute Gasteiger partial charge is 0.193 e. The van der Waals surface area contributed by atoms with Crippen LogP contribution in [0.1, 0.15) is 53.9 Å². The van der Waals surface area contributed by atoms with Gasteiger partial charge in [0.25, 0.3) is 0 Å². The fourth-order valence-corrected chi connectivity index (χ4v) is 4.06.